The topological polar surface area (TPSA) is 123 Å². The molecule has 0 spiro atoms. The van der Waals surface area contributed by atoms with Crippen molar-refractivity contribution in [1.82, 2.24) is 29.7 Å². The van der Waals surface area contributed by atoms with Crippen LogP contribution in [0.5, 0.6) is 0 Å². The van der Waals surface area contributed by atoms with Crippen LogP contribution < -0.4 is 10.6 Å². The maximum absolute atomic E-state index is 13.6. The summed E-state index contributed by atoms with van der Waals surface area (Å²) >= 11 is 1.35. The third-order valence-electron chi connectivity index (χ3n) is 5.51. The number of halogens is 2. The number of aromatic nitrogens is 5. The van der Waals surface area contributed by atoms with E-state index in [2.05, 4.69) is 30.9 Å². The quantitative estimate of drug-likeness (QED) is 0.291. The van der Waals surface area contributed by atoms with Crippen molar-refractivity contribution in [2.75, 3.05) is 30.3 Å². The lowest BCUT2D eigenvalue weighted by molar-refractivity contribution is -0.117. The van der Waals surface area contributed by atoms with Gasteiger partial charge in [-0.05, 0) is 48.2 Å². The lowest BCUT2D eigenvalue weighted by atomic mass is 10.2. The number of rotatable bonds is 8. The van der Waals surface area contributed by atoms with E-state index in [1.54, 1.807) is 28.9 Å². The maximum Gasteiger partial charge on any atom is 0.262 e. The summed E-state index contributed by atoms with van der Waals surface area (Å²) < 4.78 is 28.9. The molecule has 10 nitrogen and oxygen atoms in total. The molecule has 1 aliphatic rings. The lowest BCUT2D eigenvalue weighted by Gasteiger charge is -2.21. The van der Waals surface area contributed by atoms with Crippen LogP contribution in [-0.4, -0.2) is 72.4 Å². The fourth-order valence-electron chi connectivity index (χ4n) is 3.93. The number of carbonyl (C=O) groups excluding carboxylic acids is 1. The van der Waals surface area contributed by atoms with E-state index in [0.29, 0.717) is 22.5 Å². The average molecular weight is 501 g/mol. The number of benzene rings is 1. The number of nitrogens with zero attached hydrogens (tertiary/aromatic N) is 5. The summed E-state index contributed by atoms with van der Waals surface area (Å²) in [5.41, 5.74) is 1.34. The zero-order valence-electron chi connectivity index (χ0n) is 18.4. The molecule has 3 aromatic heterocycles. The van der Waals surface area contributed by atoms with Crippen molar-refractivity contribution in [3.05, 3.63) is 54.9 Å². The normalized spacial score (nSPS) is 17.6. The SMILES string of the molecule is O=C(CN1CC(F)(F)C[C@H]1CO)Nc1ccc(Sc2nc(Nc3cc[nH]n3)c3cccn3n2)cc1. The van der Waals surface area contributed by atoms with E-state index in [4.69, 9.17) is 0 Å². The summed E-state index contributed by atoms with van der Waals surface area (Å²) in [6, 6.07) is 11.9. The number of carbonyl (C=O) groups is 1. The van der Waals surface area contributed by atoms with Gasteiger partial charge in [-0.25, -0.2) is 18.3 Å². The number of fused-ring (bicyclic) bond motifs is 1. The lowest BCUT2D eigenvalue weighted by Crippen LogP contribution is -2.39. The van der Waals surface area contributed by atoms with Gasteiger partial charge in [0.05, 0.1) is 19.7 Å². The van der Waals surface area contributed by atoms with Gasteiger partial charge in [-0.15, -0.1) is 5.10 Å². The number of alkyl halides is 2. The van der Waals surface area contributed by atoms with Gasteiger partial charge in [0, 0.05) is 41.5 Å². The van der Waals surface area contributed by atoms with E-state index in [1.165, 1.54) is 16.7 Å². The summed E-state index contributed by atoms with van der Waals surface area (Å²) in [7, 11) is 0. The van der Waals surface area contributed by atoms with Crippen LogP contribution in [0.2, 0.25) is 0 Å². The molecule has 0 saturated carbocycles. The second kappa shape index (κ2) is 9.60. The van der Waals surface area contributed by atoms with E-state index in [9.17, 15) is 18.7 Å². The fourth-order valence-corrected chi connectivity index (χ4v) is 4.68. The number of aliphatic hydroxyl groups excluding tert-OH is 1. The Morgan fingerprint density at radius 1 is 1.26 bits per heavy atom. The van der Waals surface area contributed by atoms with Crippen molar-refractivity contribution in [2.24, 2.45) is 0 Å². The third-order valence-corrected chi connectivity index (χ3v) is 6.37. The molecule has 182 valence electrons. The smallest absolute Gasteiger partial charge is 0.262 e. The summed E-state index contributed by atoms with van der Waals surface area (Å²) in [4.78, 5) is 19.1. The molecule has 5 rings (SSSR count). The number of H-pyrrole nitrogens is 1. The Labute approximate surface area is 202 Å². The number of hydrogen-bond donors (Lipinski definition) is 4. The summed E-state index contributed by atoms with van der Waals surface area (Å²) in [6.45, 7) is -1.16. The van der Waals surface area contributed by atoms with Gasteiger partial charge in [-0.2, -0.15) is 5.10 Å². The van der Waals surface area contributed by atoms with Crippen molar-refractivity contribution in [3.63, 3.8) is 0 Å². The highest BCUT2D eigenvalue weighted by atomic mass is 32.2. The zero-order valence-corrected chi connectivity index (χ0v) is 19.2. The molecule has 1 fully saturated rings. The van der Waals surface area contributed by atoms with Crippen LogP contribution in [0.4, 0.5) is 26.1 Å². The molecule has 0 radical (unpaired) electrons. The fraction of sp³-hybridized carbons (Fsp3) is 0.273. The maximum atomic E-state index is 13.6. The van der Waals surface area contributed by atoms with E-state index in [1.807, 2.05) is 30.5 Å². The molecular weight excluding hydrogens is 478 g/mol. The Morgan fingerprint density at radius 2 is 2.09 bits per heavy atom. The Morgan fingerprint density at radius 3 is 2.83 bits per heavy atom. The second-order valence-electron chi connectivity index (χ2n) is 8.14. The van der Waals surface area contributed by atoms with Crippen LogP contribution in [0.1, 0.15) is 6.42 Å². The molecule has 1 aliphatic heterocycles. The van der Waals surface area contributed by atoms with Crippen molar-refractivity contribution in [1.29, 1.82) is 0 Å². The minimum atomic E-state index is -2.90. The predicted molar refractivity (Wildman–Crippen MR) is 126 cm³/mol. The Kier molecular flexibility index (Phi) is 6.36. The highest BCUT2D eigenvalue weighted by Gasteiger charge is 2.45. The molecule has 0 bridgehead atoms. The van der Waals surface area contributed by atoms with Crippen LogP contribution in [0.3, 0.4) is 0 Å². The number of nitrogens with one attached hydrogen (secondary N) is 3. The Hall–Kier alpha value is -3.55. The predicted octanol–water partition coefficient (Wildman–Crippen LogP) is 2.99. The van der Waals surface area contributed by atoms with Crippen molar-refractivity contribution >= 4 is 40.5 Å². The van der Waals surface area contributed by atoms with Crippen LogP contribution in [-0.2, 0) is 4.79 Å². The molecule has 1 aromatic carbocycles. The molecule has 4 aromatic rings. The number of likely N-dealkylation sites (tertiary alicyclic amines) is 1. The van der Waals surface area contributed by atoms with Gasteiger partial charge in [-0.1, -0.05) is 0 Å². The van der Waals surface area contributed by atoms with Crippen LogP contribution >= 0.6 is 11.8 Å². The largest absolute Gasteiger partial charge is 0.395 e. The first-order valence-electron chi connectivity index (χ1n) is 10.8. The molecule has 4 heterocycles. The van der Waals surface area contributed by atoms with Crippen LogP contribution in [0.25, 0.3) is 5.52 Å². The van der Waals surface area contributed by atoms with Gasteiger partial charge in [0.1, 0.15) is 5.52 Å². The van der Waals surface area contributed by atoms with Crippen molar-refractivity contribution < 1.29 is 18.7 Å². The van der Waals surface area contributed by atoms with Gasteiger partial charge in [0.15, 0.2) is 11.6 Å². The van der Waals surface area contributed by atoms with E-state index < -0.39 is 37.4 Å². The van der Waals surface area contributed by atoms with Gasteiger partial charge >= 0.3 is 0 Å². The Balaban J connectivity index is 1.24. The summed E-state index contributed by atoms with van der Waals surface area (Å²) in [6.07, 6.45) is 3.09. The standard InChI is InChI=1S/C22H22F2N8O2S/c23-22(24)10-15(12-33)31(13-22)11-19(34)26-14-3-5-16(6-4-14)35-21-28-20(27-18-7-8-25-29-18)17-2-1-9-32(17)30-21/h1-9,15,33H,10-13H2,(H,26,34)(H2,25,27,28,29,30)/t15-/m0/s1. The number of anilines is 3. The molecule has 1 amide bonds. The van der Waals surface area contributed by atoms with E-state index in [-0.39, 0.29) is 6.54 Å². The number of aromatic amines is 1. The Bertz CT molecular complexity index is 1310. The first-order valence-corrected chi connectivity index (χ1v) is 11.6. The van der Waals surface area contributed by atoms with Gasteiger partial charge in [-0.3, -0.25) is 14.8 Å². The number of aliphatic hydroxyl groups is 1. The molecule has 0 unspecified atom stereocenters. The van der Waals surface area contributed by atoms with Crippen molar-refractivity contribution in [2.45, 2.75) is 28.4 Å². The minimum Gasteiger partial charge on any atom is -0.395 e. The average Bonchev–Trinajstić information content (AvgIpc) is 3.55. The van der Waals surface area contributed by atoms with Crippen LogP contribution in [0.15, 0.2) is 64.9 Å². The second-order valence-corrected chi connectivity index (χ2v) is 9.18. The minimum absolute atomic E-state index is 0.214. The van der Waals surface area contributed by atoms with E-state index in [0.717, 1.165) is 10.4 Å². The molecule has 1 saturated heterocycles. The molecule has 4 N–H and O–H groups in total. The first-order chi connectivity index (χ1) is 16.9. The number of hydrogen-bond acceptors (Lipinski definition) is 8. The van der Waals surface area contributed by atoms with Gasteiger partial charge in [0.25, 0.3) is 5.92 Å². The first kappa shape index (κ1) is 23.2. The highest BCUT2D eigenvalue weighted by Crippen LogP contribution is 2.32. The third kappa shape index (κ3) is 5.42. The van der Waals surface area contributed by atoms with E-state index >= 15 is 0 Å². The monoisotopic (exact) mass is 500 g/mol. The molecule has 13 heteroatoms. The summed E-state index contributed by atoms with van der Waals surface area (Å²) in [5.74, 6) is -2.08. The van der Waals surface area contributed by atoms with Gasteiger partial charge in [0.2, 0.25) is 11.1 Å². The number of amides is 1. The molecule has 0 aliphatic carbocycles. The van der Waals surface area contributed by atoms with Crippen LogP contribution in [0, 0.1) is 0 Å². The molecule has 1 atom stereocenters. The zero-order chi connectivity index (χ0) is 24.4. The van der Waals surface area contributed by atoms with Crippen molar-refractivity contribution in [3.8, 4) is 0 Å². The highest BCUT2D eigenvalue weighted by molar-refractivity contribution is 7.99. The molecule has 35 heavy (non-hydrogen) atoms. The van der Waals surface area contributed by atoms with Gasteiger partial charge < -0.3 is 15.7 Å². The summed E-state index contributed by atoms with van der Waals surface area (Å²) in [5, 5.41) is 27.1. The molecular formula is C22H22F2N8O2S.